The van der Waals surface area contributed by atoms with Gasteiger partial charge in [0.15, 0.2) is 0 Å². The lowest BCUT2D eigenvalue weighted by Gasteiger charge is -2.03. The first-order chi connectivity index (χ1) is 6.13. The van der Waals surface area contributed by atoms with Crippen molar-refractivity contribution in [2.24, 2.45) is 0 Å². The van der Waals surface area contributed by atoms with Crippen LogP contribution in [0.1, 0.15) is 12.6 Å². The molecule has 1 aromatic heterocycles. The van der Waals surface area contributed by atoms with E-state index in [1.807, 2.05) is 0 Å². The maximum Gasteiger partial charge on any atom is 0.138 e. The van der Waals surface area contributed by atoms with Gasteiger partial charge in [-0.1, -0.05) is 11.6 Å². The Kier molecular flexibility index (Phi) is 3.25. The molecule has 0 aliphatic rings. The van der Waals surface area contributed by atoms with Crippen LogP contribution < -0.4 is 4.74 Å². The summed E-state index contributed by atoms with van der Waals surface area (Å²) in [5, 5.41) is 0.467. The molecule has 1 rings (SSSR count). The van der Waals surface area contributed by atoms with Gasteiger partial charge in [-0.25, -0.2) is 0 Å². The molecule has 0 atom stereocenters. The number of carbonyl (C=O) groups is 1. The molecule has 4 heteroatoms. The average molecular weight is 200 g/mol. The summed E-state index contributed by atoms with van der Waals surface area (Å²) < 4.78 is 4.92. The van der Waals surface area contributed by atoms with Crippen molar-refractivity contribution in [1.82, 2.24) is 4.98 Å². The molecule has 0 saturated carbocycles. The van der Waals surface area contributed by atoms with E-state index in [-0.39, 0.29) is 12.2 Å². The molecule has 0 N–H and O–H groups in total. The van der Waals surface area contributed by atoms with Crippen molar-refractivity contribution in [2.75, 3.05) is 7.11 Å². The molecule has 0 bridgehead atoms. The molecular weight excluding hydrogens is 190 g/mol. The Morgan fingerprint density at radius 1 is 1.69 bits per heavy atom. The van der Waals surface area contributed by atoms with Gasteiger partial charge >= 0.3 is 0 Å². The number of pyridine rings is 1. The summed E-state index contributed by atoms with van der Waals surface area (Å²) in [6, 6.07) is 1.65. The second-order valence-corrected chi connectivity index (χ2v) is 3.09. The first-order valence-electron chi connectivity index (χ1n) is 3.81. The van der Waals surface area contributed by atoms with Gasteiger partial charge in [0.1, 0.15) is 11.5 Å². The van der Waals surface area contributed by atoms with E-state index in [4.69, 9.17) is 16.3 Å². The third kappa shape index (κ3) is 2.70. The third-order valence-corrected chi connectivity index (χ3v) is 1.87. The lowest BCUT2D eigenvalue weighted by molar-refractivity contribution is -0.116. The Bertz CT molecular complexity index is 325. The summed E-state index contributed by atoms with van der Waals surface area (Å²) >= 11 is 5.86. The van der Waals surface area contributed by atoms with Gasteiger partial charge in [-0.05, 0) is 6.92 Å². The number of ether oxygens (including phenoxy) is 1. The standard InChI is InChI=1S/C9H10ClNO2/c1-6(12)3-9-8(10)4-7(13-2)5-11-9/h4-5H,3H2,1-2H3. The number of methoxy groups -OCH3 is 1. The molecule has 70 valence electrons. The number of hydrogen-bond donors (Lipinski definition) is 0. The van der Waals surface area contributed by atoms with Crippen LogP contribution in [0.25, 0.3) is 0 Å². The molecule has 0 saturated heterocycles. The first kappa shape index (κ1) is 9.99. The highest BCUT2D eigenvalue weighted by atomic mass is 35.5. The number of nitrogens with zero attached hydrogens (tertiary/aromatic N) is 1. The summed E-state index contributed by atoms with van der Waals surface area (Å²) in [5.41, 5.74) is 0.593. The molecule has 1 heterocycles. The van der Waals surface area contributed by atoms with E-state index >= 15 is 0 Å². The molecule has 3 nitrogen and oxygen atoms in total. The van der Waals surface area contributed by atoms with Gasteiger partial charge in [0, 0.05) is 12.5 Å². The molecule has 0 amide bonds. The number of ketones is 1. The smallest absolute Gasteiger partial charge is 0.138 e. The fourth-order valence-electron chi connectivity index (χ4n) is 0.926. The predicted molar refractivity (Wildman–Crippen MR) is 50.2 cm³/mol. The van der Waals surface area contributed by atoms with Gasteiger partial charge in [-0.3, -0.25) is 9.78 Å². The zero-order valence-electron chi connectivity index (χ0n) is 7.50. The van der Waals surface area contributed by atoms with Crippen LogP contribution in [0, 0.1) is 0 Å². The first-order valence-corrected chi connectivity index (χ1v) is 4.19. The number of Topliss-reactive ketones (excluding diaryl/α,β-unsaturated/α-hetero) is 1. The normalized spacial score (nSPS) is 9.77. The molecule has 0 aliphatic heterocycles. The van der Waals surface area contributed by atoms with Gasteiger partial charge in [-0.15, -0.1) is 0 Å². The molecular formula is C9H10ClNO2. The molecule has 0 radical (unpaired) electrons. The Morgan fingerprint density at radius 3 is 2.85 bits per heavy atom. The fourth-order valence-corrected chi connectivity index (χ4v) is 1.15. The summed E-state index contributed by atoms with van der Waals surface area (Å²) in [6.45, 7) is 1.50. The molecule has 0 aliphatic carbocycles. The predicted octanol–water partition coefficient (Wildman–Crippen LogP) is 1.88. The van der Waals surface area contributed by atoms with Crippen LogP contribution in [0.3, 0.4) is 0 Å². The van der Waals surface area contributed by atoms with Crippen LogP contribution >= 0.6 is 11.6 Å². The monoisotopic (exact) mass is 199 g/mol. The highest BCUT2D eigenvalue weighted by Gasteiger charge is 2.05. The van der Waals surface area contributed by atoms with Gasteiger partial charge in [0.2, 0.25) is 0 Å². The van der Waals surface area contributed by atoms with Gasteiger partial charge in [0.25, 0.3) is 0 Å². The number of aromatic nitrogens is 1. The minimum atomic E-state index is 0.0413. The van der Waals surface area contributed by atoms with Gasteiger partial charge < -0.3 is 4.74 Å². The van der Waals surface area contributed by atoms with Crippen LogP contribution in [0.15, 0.2) is 12.3 Å². The zero-order chi connectivity index (χ0) is 9.84. The second-order valence-electron chi connectivity index (χ2n) is 2.68. The molecule has 13 heavy (non-hydrogen) atoms. The zero-order valence-corrected chi connectivity index (χ0v) is 8.26. The Balaban J connectivity index is 2.91. The molecule has 0 aromatic carbocycles. The van der Waals surface area contributed by atoms with Crippen molar-refractivity contribution in [3.05, 3.63) is 23.0 Å². The van der Waals surface area contributed by atoms with E-state index in [0.717, 1.165) is 0 Å². The summed E-state index contributed by atoms with van der Waals surface area (Å²) in [6.07, 6.45) is 1.81. The van der Waals surface area contributed by atoms with Crippen LogP contribution in [0.2, 0.25) is 5.02 Å². The molecule has 0 spiro atoms. The van der Waals surface area contributed by atoms with Crippen molar-refractivity contribution in [3.63, 3.8) is 0 Å². The largest absolute Gasteiger partial charge is 0.495 e. The van der Waals surface area contributed by atoms with Crippen molar-refractivity contribution in [1.29, 1.82) is 0 Å². The van der Waals surface area contributed by atoms with Crippen LogP contribution in [-0.4, -0.2) is 17.9 Å². The lowest BCUT2D eigenvalue weighted by atomic mass is 10.2. The summed E-state index contributed by atoms with van der Waals surface area (Å²) in [5.74, 6) is 0.636. The highest BCUT2D eigenvalue weighted by molar-refractivity contribution is 6.31. The number of rotatable bonds is 3. The van der Waals surface area contributed by atoms with E-state index in [0.29, 0.717) is 16.5 Å². The van der Waals surface area contributed by atoms with Crippen molar-refractivity contribution >= 4 is 17.4 Å². The summed E-state index contributed by atoms with van der Waals surface area (Å²) in [7, 11) is 1.54. The minimum absolute atomic E-state index is 0.0413. The maximum absolute atomic E-state index is 10.8. The SMILES string of the molecule is COc1cnc(CC(C)=O)c(Cl)c1. The average Bonchev–Trinajstić information content (AvgIpc) is 2.08. The number of carbonyl (C=O) groups excluding carboxylic acids is 1. The van der Waals surface area contributed by atoms with Crippen LogP contribution in [0.4, 0.5) is 0 Å². The Labute approximate surface area is 81.7 Å². The number of halogens is 1. The lowest BCUT2D eigenvalue weighted by Crippen LogP contribution is -2.00. The molecule has 0 unspecified atom stereocenters. The maximum atomic E-state index is 10.8. The molecule has 1 aromatic rings. The van der Waals surface area contributed by atoms with Gasteiger partial charge in [0.05, 0.1) is 24.0 Å². The van der Waals surface area contributed by atoms with Crippen molar-refractivity contribution < 1.29 is 9.53 Å². The second kappa shape index (κ2) is 4.23. The van der Waals surface area contributed by atoms with E-state index in [2.05, 4.69) is 4.98 Å². The topological polar surface area (TPSA) is 39.2 Å². The fraction of sp³-hybridized carbons (Fsp3) is 0.333. The quantitative estimate of drug-likeness (QED) is 0.746. The van der Waals surface area contributed by atoms with Crippen LogP contribution in [0.5, 0.6) is 5.75 Å². The number of hydrogen-bond acceptors (Lipinski definition) is 3. The van der Waals surface area contributed by atoms with E-state index in [1.54, 1.807) is 12.3 Å². The van der Waals surface area contributed by atoms with Crippen molar-refractivity contribution in [2.45, 2.75) is 13.3 Å². The minimum Gasteiger partial charge on any atom is -0.495 e. The molecule has 0 fully saturated rings. The van der Waals surface area contributed by atoms with Crippen molar-refractivity contribution in [3.8, 4) is 5.75 Å². The van der Waals surface area contributed by atoms with E-state index < -0.39 is 0 Å². The van der Waals surface area contributed by atoms with Crippen LogP contribution in [-0.2, 0) is 11.2 Å². The van der Waals surface area contributed by atoms with E-state index in [1.165, 1.54) is 14.0 Å². The van der Waals surface area contributed by atoms with Gasteiger partial charge in [-0.2, -0.15) is 0 Å². The van der Waals surface area contributed by atoms with E-state index in [9.17, 15) is 4.79 Å². The Hall–Kier alpha value is -1.09. The summed E-state index contributed by atoms with van der Waals surface area (Å²) in [4.78, 5) is 14.8. The highest BCUT2D eigenvalue weighted by Crippen LogP contribution is 2.20. The Morgan fingerprint density at radius 2 is 2.38 bits per heavy atom. The third-order valence-electron chi connectivity index (χ3n) is 1.54.